The molecule has 3 aliphatic rings. The second kappa shape index (κ2) is 8.24. The summed E-state index contributed by atoms with van der Waals surface area (Å²) in [6, 6.07) is 4.45. The Morgan fingerprint density at radius 2 is 1.63 bits per heavy atom. The maximum Gasteiger partial charge on any atom is 0.326 e. The molecule has 0 bridgehead atoms. The molecule has 2 heterocycles. The average Bonchev–Trinajstić information content (AvgIpc) is 2.90. The molecule has 10 heteroatoms. The van der Waals surface area contributed by atoms with E-state index in [1.54, 1.807) is 0 Å². The lowest BCUT2D eigenvalue weighted by Gasteiger charge is -2.31. The molecule has 30 heavy (non-hydrogen) atoms. The van der Waals surface area contributed by atoms with Crippen LogP contribution in [0.3, 0.4) is 0 Å². The number of urea groups is 1. The van der Waals surface area contributed by atoms with Crippen molar-refractivity contribution >= 4 is 22.0 Å². The molecule has 0 radical (unpaired) electrons. The van der Waals surface area contributed by atoms with E-state index in [-0.39, 0.29) is 30.0 Å². The van der Waals surface area contributed by atoms with E-state index in [1.807, 2.05) is 4.90 Å². The summed E-state index contributed by atoms with van der Waals surface area (Å²) in [7, 11) is -3.72. The van der Waals surface area contributed by atoms with Crippen LogP contribution in [0.5, 0.6) is 0 Å². The molecule has 2 saturated heterocycles. The van der Waals surface area contributed by atoms with Gasteiger partial charge in [0.2, 0.25) is 10.0 Å². The van der Waals surface area contributed by atoms with E-state index in [0.717, 1.165) is 31.4 Å². The summed E-state index contributed by atoms with van der Waals surface area (Å²) in [6.07, 6.45) is 4.87. The number of benzene rings is 1. The van der Waals surface area contributed by atoms with E-state index < -0.39 is 21.4 Å². The number of amides is 3. The number of sulfonamides is 1. The molecule has 1 saturated carbocycles. The van der Waals surface area contributed by atoms with E-state index in [2.05, 4.69) is 5.32 Å². The maximum absolute atomic E-state index is 13.1. The van der Waals surface area contributed by atoms with E-state index in [9.17, 15) is 22.4 Å². The summed E-state index contributed by atoms with van der Waals surface area (Å²) >= 11 is 0. The molecule has 1 spiro atoms. The molecular weight excluding hydrogens is 411 g/mol. The summed E-state index contributed by atoms with van der Waals surface area (Å²) in [5.41, 5.74) is -0.751. The average molecular weight is 439 g/mol. The first-order valence-corrected chi connectivity index (χ1v) is 11.9. The van der Waals surface area contributed by atoms with Gasteiger partial charge in [-0.25, -0.2) is 22.5 Å². The third-order valence-corrected chi connectivity index (χ3v) is 8.21. The maximum atomic E-state index is 13.1. The number of hydrogen-bond donors (Lipinski definition) is 1. The highest BCUT2D eigenvalue weighted by Crippen LogP contribution is 2.33. The van der Waals surface area contributed by atoms with E-state index in [4.69, 9.17) is 0 Å². The van der Waals surface area contributed by atoms with Crippen LogP contribution in [-0.2, 0) is 14.8 Å². The van der Waals surface area contributed by atoms with Crippen LogP contribution in [0.1, 0.15) is 38.5 Å². The van der Waals surface area contributed by atoms with Gasteiger partial charge in [0.05, 0.1) is 11.6 Å². The molecule has 2 aliphatic heterocycles. The second-order valence-corrected chi connectivity index (χ2v) is 10.2. The van der Waals surface area contributed by atoms with Gasteiger partial charge in [0.1, 0.15) is 11.4 Å². The molecular formula is C20H27FN4O4S. The van der Waals surface area contributed by atoms with Gasteiger partial charge in [-0.05, 0) is 43.5 Å². The second-order valence-electron chi connectivity index (χ2n) is 8.28. The topological polar surface area (TPSA) is 90.0 Å². The van der Waals surface area contributed by atoms with Crippen LogP contribution in [0, 0.1) is 5.82 Å². The minimum absolute atomic E-state index is 0.0608. The van der Waals surface area contributed by atoms with Crippen molar-refractivity contribution in [3.8, 4) is 0 Å². The number of nitrogens with one attached hydrogen (secondary N) is 1. The Balaban J connectivity index is 1.40. The Hall–Kier alpha value is -2.04. The molecule has 0 atom stereocenters. The highest BCUT2D eigenvalue weighted by molar-refractivity contribution is 7.89. The minimum atomic E-state index is -3.72. The normalized spacial score (nSPS) is 23.6. The Bertz CT molecular complexity index is 915. The van der Waals surface area contributed by atoms with Crippen LogP contribution in [0.15, 0.2) is 29.2 Å². The summed E-state index contributed by atoms with van der Waals surface area (Å²) < 4.78 is 40.3. The van der Waals surface area contributed by atoms with Crippen LogP contribution in [0.4, 0.5) is 9.18 Å². The van der Waals surface area contributed by atoms with Crippen molar-refractivity contribution in [2.75, 3.05) is 32.8 Å². The minimum Gasteiger partial charge on any atom is -0.323 e. The fourth-order valence-electron chi connectivity index (χ4n) is 4.58. The monoisotopic (exact) mass is 438 g/mol. The van der Waals surface area contributed by atoms with Gasteiger partial charge in [-0.1, -0.05) is 19.3 Å². The predicted molar refractivity (Wildman–Crippen MR) is 107 cm³/mol. The first-order valence-electron chi connectivity index (χ1n) is 10.4. The quantitative estimate of drug-likeness (QED) is 0.724. The van der Waals surface area contributed by atoms with Crippen molar-refractivity contribution in [1.29, 1.82) is 0 Å². The number of imide groups is 1. The van der Waals surface area contributed by atoms with Gasteiger partial charge in [-0.15, -0.1) is 0 Å². The van der Waals surface area contributed by atoms with Crippen molar-refractivity contribution in [3.63, 3.8) is 0 Å². The zero-order valence-corrected chi connectivity index (χ0v) is 17.7. The number of nitrogens with zero attached hydrogens (tertiary/aromatic N) is 3. The third kappa shape index (κ3) is 3.95. The number of hydrogen-bond acceptors (Lipinski definition) is 5. The number of carbonyl (C=O) groups is 2. The Morgan fingerprint density at radius 1 is 0.933 bits per heavy atom. The molecule has 1 N–H and O–H groups in total. The molecule has 3 fully saturated rings. The van der Waals surface area contributed by atoms with Gasteiger partial charge >= 0.3 is 6.03 Å². The fourth-order valence-corrected chi connectivity index (χ4v) is 6.05. The van der Waals surface area contributed by atoms with E-state index >= 15 is 0 Å². The lowest BCUT2D eigenvalue weighted by atomic mass is 9.82. The van der Waals surface area contributed by atoms with Crippen LogP contribution in [0.2, 0.25) is 0 Å². The fraction of sp³-hybridized carbons (Fsp3) is 0.600. The largest absolute Gasteiger partial charge is 0.326 e. The van der Waals surface area contributed by atoms with Gasteiger partial charge in [-0.2, -0.15) is 4.31 Å². The van der Waals surface area contributed by atoms with Gasteiger partial charge < -0.3 is 5.32 Å². The molecule has 4 rings (SSSR count). The molecule has 1 aromatic carbocycles. The summed E-state index contributed by atoms with van der Waals surface area (Å²) in [5, 5.41) is 2.91. The zero-order chi connectivity index (χ0) is 21.4. The molecule has 1 aromatic rings. The first kappa shape index (κ1) is 21.2. The van der Waals surface area contributed by atoms with Gasteiger partial charge in [0, 0.05) is 26.2 Å². The van der Waals surface area contributed by atoms with Gasteiger partial charge in [0.25, 0.3) is 5.91 Å². The lowest BCUT2D eigenvalue weighted by molar-refractivity contribution is -0.133. The third-order valence-electron chi connectivity index (χ3n) is 6.29. The first-order chi connectivity index (χ1) is 14.3. The molecule has 1 aliphatic carbocycles. The molecule has 0 aromatic heterocycles. The highest BCUT2D eigenvalue weighted by Gasteiger charge is 2.51. The number of carbonyl (C=O) groups excluding carboxylic acids is 2. The van der Waals surface area contributed by atoms with Crippen molar-refractivity contribution in [2.24, 2.45) is 0 Å². The summed E-state index contributed by atoms with van der Waals surface area (Å²) in [4.78, 5) is 28.7. The summed E-state index contributed by atoms with van der Waals surface area (Å²) in [6.45, 7) is 1.73. The number of halogens is 1. The van der Waals surface area contributed by atoms with Crippen LogP contribution in [-0.4, -0.2) is 72.8 Å². The zero-order valence-electron chi connectivity index (χ0n) is 16.8. The van der Waals surface area contributed by atoms with E-state index in [0.29, 0.717) is 38.9 Å². The molecule has 3 amide bonds. The van der Waals surface area contributed by atoms with Crippen molar-refractivity contribution < 1.29 is 22.4 Å². The molecule has 164 valence electrons. The highest BCUT2D eigenvalue weighted by atomic mass is 32.2. The summed E-state index contributed by atoms with van der Waals surface area (Å²) in [5.74, 6) is -0.646. The van der Waals surface area contributed by atoms with Crippen LogP contribution in [0.25, 0.3) is 0 Å². The number of rotatable bonds is 4. The van der Waals surface area contributed by atoms with Crippen LogP contribution < -0.4 is 5.32 Å². The Kier molecular flexibility index (Phi) is 5.82. The molecule has 0 unspecified atom stereocenters. The van der Waals surface area contributed by atoms with Crippen molar-refractivity contribution in [3.05, 3.63) is 30.1 Å². The van der Waals surface area contributed by atoms with E-state index in [1.165, 1.54) is 21.3 Å². The standard InChI is InChI=1S/C20H27FN4O4S/c21-16-5-7-17(8-6-16)30(28,29)24-12-4-11-23(13-14-24)15-25-18(26)20(22-19(25)27)9-2-1-3-10-20/h5-8H,1-4,9-15H2,(H,22,27). The Morgan fingerprint density at radius 3 is 2.33 bits per heavy atom. The van der Waals surface area contributed by atoms with Crippen molar-refractivity contribution in [1.82, 2.24) is 19.4 Å². The van der Waals surface area contributed by atoms with Crippen molar-refractivity contribution in [2.45, 2.75) is 49.0 Å². The smallest absolute Gasteiger partial charge is 0.323 e. The van der Waals surface area contributed by atoms with Gasteiger partial charge in [0.15, 0.2) is 0 Å². The predicted octanol–water partition coefficient (Wildman–Crippen LogP) is 1.73. The SMILES string of the molecule is O=C1NC2(CCCCC2)C(=O)N1CN1CCCN(S(=O)(=O)c2ccc(F)cc2)CC1. The van der Waals surface area contributed by atoms with Gasteiger partial charge in [-0.3, -0.25) is 9.69 Å². The molecule has 8 nitrogen and oxygen atoms in total. The lowest BCUT2D eigenvalue weighted by Crippen LogP contribution is -2.49. The Labute approximate surface area is 176 Å². The van der Waals surface area contributed by atoms with Crippen LogP contribution >= 0.6 is 0 Å².